The highest BCUT2D eigenvalue weighted by Crippen LogP contribution is 2.53. The van der Waals surface area contributed by atoms with Crippen LogP contribution in [0.5, 0.6) is 17.4 Å². The zero-order valence-corrected chi connectivity index (χ0v) is 38.9. The van der Waals surface area contributed by atoms with Gasteiger partial charge in [-0.3, -0.25) is 19.8 Å². The molecule has 3 aromatic heterocycles. The number of H-pyrrole nitrogens is 1. The maximum Gasteiger partial charge on any atom is 0.300 e. The fourth-order valence-electron chi connectivity index (χ4n) is 11.1. The number of aromatic amines is 1. The Morgan fingerprint density at radius 2 is 1.81 bits per heavy atom. The van der Waals surface area contributed by atoms with Crippen LogP contribution >= 0.6 is 0 Å². The summed E-state index contributed by atoms with van der Waals surface area (Å²) >= 11 is 0. The van der Waals surface area contributed by atoms with Crippen molar-refractivity contribution in [1.29, 1.82) is 0 Å². The molecule has 67 heavy (non-hydrogen) atoms. The molecule has 18 heteroatoms. The van der Waals surface area contributed by atoms with Crippen LogP contribution in [0.25, 0.3) is 11.0 Å². The number of fused-ring (bicyclic) bond motifs is 2. The fourth-order valence-corrected chi connectivity index (χ4v) is 12.0. The van der Waals surface area contributed by atoms with Gasteiger partial charge in [0.1, 0.15) is 23.8 Å². The molecule has 1 amide bonds. The van der Waals surface area contributed by atoms with Gasteiger partial charge in [-0.15, -0.1) is 0 Å². The van der Waals surface area contributed by atoms with Gasteiger partial charge in [-0.25, -0.2) is 9.71 Å². The van der Waals surface area contributed by atoms with E-state index in [1.54, 1.807) is 31.3 Å². The molecule has 0 bridgehead atoms. The maximum atomic E-state index is 14.1. The average molecular weight is 935 g/mol. The molecule has 4 N–H and O–H groups in total. The molecular weight excluding hydrogens is 877 g/mol. The van der Waals surface area contributed by atoms with Crippen LogP contribution in [0.15, 0.2) is 78.1 Å². The largest absolute Gasteiger partial charge is 0.474 e. The molecule has 4 fully saturated rings. The number of aliphatic hydroxyl groups is 1. The van der Waals surface area contributed by atoms with Crippen molar-refractivity contribution in [3.8, 4) is 17.4 Å². The molecule has 2 saturated heterocycles. The first kappa shape index (κ1) is 45.0. The molecule has 1 spiro atoms. The molecule has 10 rings (SSSR count). The van der Waals surface area contributed by atoms with Crippen LogP contribution in [0.3, 0.4) is 0 Å². The molecule has 2 atom stereocenters. The second-order valence-corrected chi connectivity index (χ2v) is 21.4. The summed E-state index contributed by atoms with van der Waals surface area (Å²) < 4.78 is 48.2. The number of morpholine rings is 1. The minimum atomic E-state index is -4.78. The zero-order valence-electron chi connectivity index (χ0n) is 38.1. The van der Waals surface area contributed by atoms with E-state index in [9.17, 15) is 28.4 Å². The number of ether oxygens (including phenoxy) is 3. The molecular formula is C49H58N8O9S. The Bertz CT molecular complexity index is 2790. The van der Waals surface area contributed by atoms with E-state index >= 15 is 0 Å². The predicted octanol–water partition coefficient (Wildman–Crippen LogP) is 7.84. The standard InChI is InChI=1S/C49H58N8O9S/c1-30(2)36-6-4-5-7-37(36)41-29-64-21-20-56(41)34-25-49(26-34)15-18-55(19-16-49)33-8-9-38(42(23-33)66-35-22-32-12-17-50-45(32)51-27-35)46(58)54-67(62,63)43-24-40(57(60)61)44-47(53-43)65-28-39(52-44)31-10-13-48(3,59)14-11-31/h4-9,12,17,22-24,27,30-31,34,39,41,52,59H,10-11,13-16,18-21,25-26,28-29H2,1-3H3,(H,50,51)(H,54,58)/t31-,39-,41+,48+/m1/s1. The lowest BCUT2D eigenvalue weighted by molar-refractivity contribution is -0.384. The van der Waals surface area contributed by atoms with Gasteiger partial charge in [0.05, 0.1) is 53.6 Å². The molecule has 2 saturated carbocycles. The first-order valence-electron chi connectivity index (χ1n) is 23.4. The Labute approximate surface area is 389 Å². The lowest BCUT2D eigenvalue weighted by Gasteiger charge is -2.57. The Kier molecular flexibility index (Phi) is 11.9. The van der Waals surface area contributed by atoms with E-state index in [0.29, 0.717) is 55.6 Å². The van der Waals surface area contributed by atoms with Crippen LogP contribution in [0.2, 0.25) is 0 Å². The lowest BCUT2D eigenvalue weighted by Crippen LogP contribution is -2.58. The van der Waals surface area contributed by atoms with Gasteiger partial charge >= 0.3 is 5.69 Å². The van der Waals surface area contributed by atoms with Gasteiger partial charge in [0, 0.05) is 49.0 Å². The number of amides is 1. The minimum absolute atomic E-state index is 0.0297. The first-order chi connectivity index (χ1) is 32.1. The third-order valence-corrected chi connectivity index (χ3v) is 16.2. The normalized spacial score (nSPS) is 24.4. The number of hydrogen-bond donors (Lipinski definition) is 4. The van der Waals surface area contributed by atoms with E-state index in [4.69, 9.17) is 14.2 Å². The van der Waals surface area contributed by atoms with E-state index < -0.39 is 37.2 Å². The number of carbonyl (C=O) groups is 1. The number of pyridine rings is 2. The van der Waals surface area contributed by atoms with E-state index in [0.717, 1.165) is 69.1 Å². The number of anilines is 2. The number of carbonyl (C=O) groups excluding carboxylic acids is 1. The van der Waals surface area contributed by atoms with Gasteiger partial charge < -0.3 is 34.5 Å². The van der Waals surface area contributed by atoms with E-state index in [-0.39, 0.29) is 52.9 Å². The number of rotatable bonds is 11. The van der Waals surface area contributed by atoms with Gasteiger partial charge in [-0.1, -0.05) is 38.1 Å². The van der Waals surface area contributed by atoms with E-state index in [1.165, 1.54) is 23.4 Å². The number of nitro groups is 1. The van der Waals surface area contributed by atoms with Crippen LogP contribution in [-0.2, 0) is 14.8 Å². The van der Waals surface area contributed by atoms with Crippen molar-refractivity contribution < 1.29 is 37.5 Å². The summed E-state index contributed by atoms with van der Waals surface area (Å²) in [4.78, 5) is 42.4. The van der Waals surface area contributed by atoms with Crippen molar-refractivity contribution >= 4 is 44.0 Å². The molecule has 5 aromatic rings. The Morgan fingerprint density at radius 3 is 2.57 bits per heavy atom. The SMILES string of the molecule is CC(C)c1ccccc1[C@@H]1COCCN1C1CC2(CCN(c3ccc(C(=O)NS(=O)(=O)c4cc([N+](=O)[O-])c5c(n4)OC[C@H]([C@H]4CC[C@@](C)(O)CC4)N5)c(Oc4cnc5[nH]ccc5c4)c3)CC2)C1. The third-order valence-electron chi connectivity index (χ3n) is 15.0. The topological polar surface area (TPSA) is 214 Å². The number of piperidine rings is 1. The van der Waals surface area contributed by atoms with Gasteiger partial charge in [0.25, 0.3) is 15.9 Å². The highest BCUT2D eigenvalue weighted by molar-refractivity contribution is 7.90. The molecule has 2 aromatic carbocycles. The number of benzene rings is 2. The summed E-state index contributed by atoms with van der Waals surface area (Å²) in [5, 5.41) is 26.0. The number of hydrogen-bond acceptors (Lipinski definition) is 14. The summed E-state index contributed by atoms with van der Waals surface area (Å²) in [7, 11) is -4.78. The molecule has 0 unspecified atom stereocenters. The van der Waals surface area contributed by atoms with Crippen LogP contribution < -0.4 is 24.4 Å². The van der Waals surface area contributed by atoms with Gasteiger partial charge in [0.2, 0.25) is 5.88 Å². The molecule has 17 nitrogen and oxygen atoms in total. The quantitative estimate of drug-likeness (QED) is 0.0734. The highest BCUT2D eigenvalue weighted by atomic mass is 32.2. The fraction of sp³-hybridized carbons (Fsp3) is 0.490. The van der Waals surface area contributed by atoms with Crippen molar-refractivity contribution in [1.82, 2.24) is 24.6 Å². The van der Waals surface area contributed by atoms with Crippen molar-refractivity contribution in [3.05, 3.63) is 99.9 Å². The van der Waals surface area contributed by atoms with Crippen LogP contribution in [0.4, 0.5) is 17.1 Å². The molecule has 5 aliphatic rings. The third kappa shape index (κ3) is 9.03. The Hall–Kier alpha value is -5.82. The second-order valence-electron chi connectivity index (χ2n) is 19.8. The number of nitrogens with zero attached hydrogens (tertiary/aromatic N) is 5. The van der Waals surface area contributed by atoms with Gasteiger partial charge in [-0.05, 0) is 111 Å². The number of sulfonamides is 1. The monoisotopic (exact) mass is 934 g/mol. The minimum Gasteiger partial charge on any atom is -0.474 e. The molecule has 354 valence electrons. The van der Waals surface area contributed by atoms with Crippen molar-refractivity contribution in [2.75, 3.05) is 49.7 Å². The van der Waals surface area contributed by atoms with Crippen molar-refractivity contribution in [3.63, 3.8) is 0 Å². The van der Waals surface area contributed by atoms with Crippen molar-refractivity contribution in [2.45, 2.75) is 107 Å². The highest BCUT2D eigenvalue weighted by Gasteiger charge is 2.50. The van der Waals surface area contributed by atoms with E-state index in [1.807, 2.05) is 6.07 Å². The summed E-state index contributed by atoms with van der Waals surface area (Å²) in [6, 6.07) is 18.7. The summed E-state index contributed by atoms with van der Waals surface area (Å²) in [6.07, 6.45) is 10.1. The van der Waals surface area contributed by atoms with Crippen LogP contribution in [-0.4, -0.2) is 101 Å². The summed E-state index contributed by atoms with van der Waals surface area (Å²) in [5.74, 6) is -0.307. The first-order valence-corrected chi connectivity index (χ1v) is 24.9. The Morgan fingerprint density at radius 1 is 1.03 bits per heavy atom. The van der Waals surface area contributed by atoms with E-state index in [2.05, 4.69) is 72.9 Å². The van der Waals surface area contributed by atoms with Gasteiger partial charge in [-0.2, -0.15) is 13.4 Å². The Balaban J connectivity index is 0.856. The van der Waals surface area contributed by atoms with Gasteiger partial charge in [0.15, 0.2) is 10.7 Å². The lowest BCUT2D eigenvalue weighted by atomic mass is 9.59. The molecule has 6 heterocycles. The molecule has 2 aliphatic carbocycles. The average Bonchev–Trinajstić information content (AvgIpc) is 3.78. The zero-order chi connectivity index (χ0) is 46.7. The number of aromatic nitrogens is 3. The summed E-state index contributed by atoms with van der Waals surface area (Å²) in [6.45, 7) is 10.4. The predicted molar refractivity (Wildman–Crippen MR) is 251 cm³/mol. The number of nitrogens with one attached hydrogen (secondary N) is 3. The molecule has 3 aliphatic heterocycles. The molecule has 0 radical (unpaired) electrons. The second kappa shape index (κ2) is 17.7. The van der Waals surface area contributed by atoms with Crippen molar-refractivity contribution in [2.24, 2.45) is 11.3 Å². The van der Waals surface area contributed by atoms with Crippen LogP contribution in [0.1, 0.15) is 106 Å². The maximum absolute atomic E-state index is 14.1. The van der Waals surface area contributed by atoms with Crippen LogP contribution in [0, 0.1) is 21.4 Å². The smallest absolute Gasteiger partial charge is 0.300 e. The summed E-state index contributed by atoms with van der Waals surface area (Å²) in [5.41, 5.74) is 3.06.